The highest BCUT2D eigenvalue weighted by atomic mass is 16.7. The molecule has 1 N–H and O–H groups in total. The molecule has 0 radical (unpaired) electrons. The van der Waals surface area contributed by atoms with Crippen LogP contribution in [0.1, 0.15) is 21.5 Å². The molecule has 0 aliphatic carbocycles. The number of fused-ring (bicyclic) bond motifs is 1. The summed E-state index contributed by atoms with van der Waals surface area (Å²) in [6.45, 7) is 2.88. The summed E-state index contributed by atoms with van der Waals surface area (Å²) in [4.78, 5) is 12.1. The Kier molecular flexibility index (Phi) is 3.77. The molecule has 21 heavy (non-hydrogen) atoms. The second-order valence-corrected chi connectivity index (χ2v) is 5.06. The number of benzene rings is 2. The molecule has 0 aromatic heterocycles. The smallest absolute Gasteiger partial charge is 0.251 e. The monoisotopic (exact) mass is 283 g/mol. The van der Waals surface area contributed by atoms with Crippen LogP contribution in [0.15, 0.2) is 42.5 Å². The van der Waals surface area contributed by atoms with Gasteiger partial charge in [-0.1, -0.05) is 29.8 Å². The number of carbonyl (C=O) groups is 1. The first-order chi connectivity index (χ1) is 10.2. The molecule has 4 heteroatoms. The average molecular weight is 283 g/mol. The van der Waals surface area contributed by atoms with E-state index in [2.05, 4.69) is 36.5 Å². The van der Waals surface area contributed by atoms with Crippen LogP contribution in [0.4, 0.5) is 0 Å². The zero-order valence-electron chi connectivity index (χ0n) is 11.9. The Morgan fingerprint density at radius 1 is 1.10 bits per heavy atom. The van der Waals surface area contributed by atoms with Gasteiger partial charge >= 0.3 is 0 Å². The molecule has 1 aliphatic rings. The van der Waals surface area contributed by atoms with Crippen LogP contribution in [-0.2, 0) is 6.42 Å². The van der Waals surface area contributed by atoms with Crippen molar-refractivity contribution < 1.29 is 14.3 Å². The Hall–Kier alpha value is -2.49. The summed E-state index contributed by atoms with van der Waals surface area (Å²) in [6.07, 6.45) is 0.816. The Morgan fingerprint density at radius 3 is 2.67 bits per heavy atom. The lowest BCUT2D eigenvalue weighted by molar-refractivity contribution is 0.0953. The van der Waals surface area contributed by atoms with Crippen LogP contribution in [0.5, 0.6) is 11.5 Å². The third-order valence-electron chi connectivity index (χ3n) is 3.45. The fourth-order valence-corrected chi connectivity index (χ4v) is 2.21. The third kappa shape index (κ3) is 3.16. The third-order valence-corrected chi connectivity index (χ3v) is 3.45. The lowest BCUT2D eigenvalue weighted by Gasteiger charge is -2.06. The summed E-state index contributed by atoms with van der Waals surface area (Å²) in [5.41, 5.74) is 3.04. The van der Waals surface area contributed by atoms with E-state index >= 15 is 0 Å². The van der Waals surface area contributed by atoms with E-state index in [0.29, 0.717) is 23.6 Å². The first kappa shape index (κ1) is 13.5. The molecule has 4 nitrogen and oxygen atoms in total. The van der Waals surface area contributed by atoms with E-state index < -0.39 is 0 Å². The molecule has 0 bridgehead atoms. The topological polar surface area (TPSA) is 47.6 Å². The minimum atomic E-state index is -0.0968. The van der Waals surface area contributed by atoms with Crippen molar-refractivity contribution in [2.45, 2.75) is 13.3 Å². The number of ether oxygens (including phenoxy) is 2. The van der Waals surface area contributed by atoms with Gasteiger partial charge in [-0.05, 0) is 37.1 Å². The lowest BCUT2D eigenvalue weighted by Crippen LogP contribution is -2.25. The predicted molar refractivity (Wildman–Crippen MR) is 79.8 cm³/mol. The second kappa shape index (κ2) is 5.87. The van der Waals surface area contributed by atoms with Crippen LogP contribution in [-0.4, -0.2) is 19.2 Å². The number of nitrogens with one attached hydrogen (secondary N) is 1. The van der Waals surface area contributed by atoms with Gasteiger partial charge in [0.25, 0.3) is 5.91 Å². The number of amides is 1. The molecule has 0 unspecified atom stereocenters. The molecule has 2 aromatic carbocycles. The largest absolute Gasteiger partial charge is 0.454 e. The highest BCUT2D eigenvalue weighted by Gasteiger charge is 2.15. The van der Waals surface area contributed by atoms with Crippen molar-refractivity contribution in [1.82, 2.24) is 5.32 Å². The Labute approximate surface area is 123 Å². The van der Waals surface area contributed by atoms with Gasteiger partial charge in [0, 0.05) is 12.1 Å². The SMILES string of the molecule is Cc1ccc(CCNC(=O)c2ccc3c(c2)OCO3)cc1. The fourth-order valence-electron chi connectivity index (χ4n) is 2.21. The van der Waals surface area contributed by atoms with E-state index in [-0.39, 0.29) is 12.7 Å². The summed E-state index contributed by atoms with van der Waals surface area (Å²) in [5.74, 6) is 1.22. The fraction of sp³-hybridized carbons (Fsp3) is 0.235. The average Bonchev–Trinajstić information content (AvgIpc) is 2.96. The van der Waals surface area contributed by atoms with Gasteiger partial charge in [-0.2, -0.15) is 0 Å². The van der Waals surface area contributed by atoms with E-state index in [1.165, 1.54) is 11.1 Å². The Morgan fingerprint density at radius 2 is 1.86 bits per heavy atom. The normalized spacial score (nSPS) is 12.2. The highest BCUT2D eigenvalue weighted by molar-refractivity contribution is 5.94. The second-order valence-electron chi connectivity index (χ2n) is 5.06. The highest BCUT2D eigenvalue weighted by Crippen LogP contribution is 2.32. The summed E-state index contributed by atoms with van der Waals surface area (Å²) < 4.78 is 10.5. The summed E-state index contributed by atoms with van der Waals surface area (Å²) >= 11 is 0. The van der Waals surface area contributed by atoms with Crippen LogP contribution in [0, 0.1) is 6.92 Å². The summed E-state index contributed by atoms with van der Waals surface area (Å²) in [6, 6.07) is 13.5. The zero-order valence-corrected chi connectivity index (χ0v) is 11.9. The van der Waals surface area contributed by atoms with E-state index in [4.69, 9.17) is 9.47 Å². The van der Waals surface area contributed by atoms with E-state index in [9.17, 15) is 4.79 Å². The van der Waals surface area contributed by atoms with Gasteiger partial charge in [0.15, 0.2) is 11.5 Å². The maximum absolute atomic E-state index is 12.1. The van der Waals surface area contributed by atoms with Crippen molar-refractivity contribution in [1.29, 1.82) is 0 Å². The molecule has 108 valence electrons. The van der Waals surface area contributed by atoms with Crippen LogP contribution >= 0.6 is 0 Å². The van der Waals surface area contributed by atoms with Gasteiger partial charge in [0.1, 0.15) is 0 Å². The van der Waals surface area contributed by atoms with Gasteiger partial charge in [0.05, 0.1) is 0 Å². The number of hydrogen-bond donors (Lipinski definition) is 1. The molecule has 1 amide bonds. The first-order valence-electron chi connectivity index (χ1n) is 6.96. The molecular formula is C17H17NO3. The molecule has 0 fully saturated rings. The van der Waals surface area contributed by atoms with Crippen molar-refractivity contribution in [3.05, 3.63) is 59.2 Å². The molecule has 0 spiro atoms. The van der Waals surface area contributed by atoms with Crippen molar-refractivity contribution in [2.75, 3.05) is 13.3 Å². The van der Waals surface area contributed by atoms with Gasteiger partial charge in [-0.3, -0.25) is 4.79 Å². The van der Waals surface area contributed by atoms with Gasteiger partial charge < -0.3 is 14.8 Å². The predicted octanol–water partition coefficient (Wildman–Crippen LogP) is 2.70. The Bertz CT molecular complexity index is 650. The molecule has 2 aromatic rings. The van der Waals surface area contributed by atoms with Gasteiger partial charge in [0.2, 0.25) is 6.79 Å². The van der Waals surface area contributed by atoms with Gasteiger partial charge in [-0.15, -0.1) is 0 Å². The number of rotatable bonds is 4. The van der Waals surface area contributed by atoms with Crippen LogP contribution in [0.2, 0.25) is 0 Å². The molecule has 1 aliphatic heterocycles. The molecule has 0 saturated carbocycles. The summed E-state index contributed by atoms with van der Waals surface area (Å²) in [7, 11) is 0. The number of aryl methyl sites for hydroxylation is 1. The van der Waals surface area contributed by atoms with Crippen LogP contribution < -0.4 is 14.8 Å². The van der Waals surface area contributed by atoms with Crippen LogP contribution in [0.3, 0.4) is 0 Å². The van der Waals surface area contributed by atoms with Crippen molar-refractivity contribution in [3.8, 4) is 11.5 Å². The molecule has 1 heterocycles. The maximum atomic E-state index is 12.1. The molecule has 3 rings (SSSR count). The number of hydrogen-bond acceptors (Lipinski definition) is 3. The standard InChI is InChI=1S/C17H17NO3/c1-12-2-4-13(5-3-12)8-9-18-17(19)14-6-7-15-16(10-14)21-11-20-15/h2-7,10H,8-9,11H2,1H3,(H,18,19). The quantitative estimate of drug-likeness (QED) is 0.938. The van der Waals surface area contributed by atoms with Crippen molar-refractivity contribution >= 4 is 5.91 Å². The van der Waals surface area contributed by atoms with Crippen molar-refractivity contribution in [2.24, 2.45) is 0 Å². The minimum Gasteiger partial charge on any atom is -0.454 e. The minimum absolute atomic E-state index is 0.0968. The molecule has 0 atom stereocenters. The zero-order chi connectivity index (χ0) is 14.7. The lowest BCUT2D eigenvalue weighted by atomic mass is 10.1. The Balaban J connectivity index is 1.55. The van der Waals surface area contributed by atoms with Crippen LogP contribution in [0.25, 0.3) is 0 Å². The van der Waals surface area contributed by atoms with Crippen molar-refractivity contribution in [3.63, 3.8) is 0 Å². The summed E-state index contributed by atoms with van der Waals surface area (Å²) in [5, 5.41) is 2.92. The van der Waals surface area contributed by atoms with Gasteiger partial charge in [-0.25, -0.2) is 0 Å². The first-order valence-corrected chi connectivity index (χ1v) is 6.96. The van der Waals surface area contributed by atoms with E-state index in [1.807, 2.05) is 0 Å². The maximum Gasteiger partial charge on any atom is 0.251 e. The van der Waals surface area contributed by atoms with E-state index in [1.54, 1.807) is 18.2 Å². The number of carbonyl (C=O) groups excluding carboxylic acids is 1. The van der Waals surface area contributed by atoms with E-state index in [0.717, 1.165) is 6.42 Å². The molecule has 0 saturated heterocycles. The molecular weight excluding hydrogens is 266 g/mol.